The lowest BCUT2D eigenvalue weighted by molar-refractivity contribution is -0.137. The molecule has 0 bridgehead atoms. The van der Waals surface area contributed by atoms with Crippen molar-refractivity contribution < 1.29 is 32.0 Å². The Kier molecular flexibility index (Phi) is 7.17. The van der Waals surface area contributed by atoms with E-state index in [0.29, 0.717) is 24.5 Å². The molecule has 3 aromatic rings. The van der Waals surface area contributed by atoms with Gasteiger partial charge in [-0.25, -0.2) is 4.98 Å². The van der Waals surface area contributed by atoms with Crippen LogP contribution in [0.15, 0.2) is 47.4 Å². The number of hydrogen-bond acceptors (Lipinski definition) is 8. The number of amides is 3. The highest BCUT2D eigenvalue weighted by atomic mass is 19.4. The van der Waals surface area contributed by atoms with Gasteiger partial charge in [0.1, 0.15) is 17.9 Å². The number of carbonyl (C=O) groups excluding carboxylic acids is 3. The standard InChI is InChI=1S/C30H30F3N7O4/c1-5-24(41)39-10-9-21(39)28-36-35-23(44-28)15-38-14-18-12-25(42)40(22-13-19(30(31,32)33)11-17(3)34-22)27(18)29(43)37(4)20-8-6-7-16(2)26(20)38/h5-8,11,13,18,21,27H,1,9-10,12,14-15H2,2-4H3/t18-,21-,27+/m1/s1. The first-order chi connectivity index (χ1) is 20.9. The minimum Gasteiger partial charge on any atom is -0.421 e. The number of carbonyl (C=O) groups is 3. The van der Waals surface area contributed by atoms with Crippen molar-refractivity contribution in [3.63, 3.8) is 0 Å². The van der Waals surface area contributed by atoms with Crippen molar-refractivity contribution in [2.45, 2.75) is 51.5 Å². The van der Waals surface area contributed by atoms with Crippen LogP contribution < -0.4 is 14.7 Å². The van der Waals surface area contributed by atoms with Gasteiger partial charge in [-0.15, -0.1) is 10.2 Å². The van der Waals surface area contributed by atoms with Gasteiger partial charge >= 0.3 is 6.18 Å². The average Bonchev–Trinajstić information content (AvgIpc) is 3.52. The molecule has 0 N–H and O–H groups in total. The fraction of sp³-hybridized carbons (Fsp3) is 0.400. The Morgan fingerprint density at radius 2 is 1.95 bits per heavy atom. The highest BCUT2D eigenvalue weighted by Gasteiger charge is 2.49. The number of rotatable bonds is 5. The zero-order chi connectivity index (χ0) is 31.5. The summed E-state index contributed by atoms with van der Waals surface area (Å²) in [4.78, 5) is 50.0. The number of nitrogens with zero attached hydrogens (tertiary/aromatic N) is 7. The van der Waals surface area contributed by atoms with Crippen molar-refractivity contribution in [2.75, 3.05) is 34.8 Å². The van der Waals surface area contributed by atoms with Gasteiger partial charge in [-0.2, -0.15) is 13.2 Å². The van der Waals surface area contributed by atoms with Crippen LogP contribution in [0.25, 0.3) is 0 Å². The fourth-order valence-corrected chi connectivity index (χ4v) is 6.30. The Morgan fingerprint density at radius 3 is 2.64 bits per heavy atom. The van der Waals surface area contributed by atoms with Gasteiger partial charge in [0.15, 0.2) is 0 Å². The van der Waals surface area contributed by atoms with Gasteiger partial charge in [-0.05, 0) is 50.1 Å². The Hall–Kier alpha value is -4.75. The zero-order valence-electron chi connectivity index (χ0n) is 24.3. The van der Waals surface area contributed by atoms with Gasteiger partial charge < -0.3 is 19.1 Å². The number of aryl methyl sites for hydroxylation is 2. The molecule has 2 saturated heterocycles. The van der Waals surface area contributed by atoms with Crippen molar-refractivity contribution in [2.24, 2.45) is 5.92 Å². The number of likely N-dealkylation sites (N-methyl/N-ethyl adjacent to an activating group) is 1. The summed E-state index contributed by atoms with van der Waals surface area (Å²) in [5, 5.41) is 8.42. The van der Waals surface area contributed by atoms with E-state index >= 15 is 0 Å². The molecule has 3 aliphatic rings. The van der Waals surface area contributed by atoms with Crippen LogP contribution in [0.2, 0.25) is 0 Å². The first-order valence-electron chi connectivity index (χ1n) is 14.1. The second-order valence-corrected chi connectivity index (χ2v) is 11.3. The fourth-order valence-electron chi connectivity index (χ4n) is 6.30. The van der Waals surface area contributed by atoms with Crippen molar-refractivity contribution in [3.05, 3.63) is 71.6 Å². The summed E-state index contributed by atoms with van der Waals surface area (Å²) in [6, 6.07) is 5.76. The molecule has 2 aromatic heterocycles. The van der Waals surface area contributed by atoms with E-state index in [4.69, 9.17) is 4.42 Å². The Balaban J connectivity index is 1.37. The molecule has 0 spiro atoms. The Labute approximate surface area is 250 Å². The van der Waals surface area contributed by atoms with Crippen LogP contribution in [0.3, 0.4) is 0 Å². The van der Waals surface area contributed by atoms with E-state index in [1.165, 1.54) is 17.9 Å². The predicted molar refractivity (Wildman–Crippen MR) is 153 cm³/mol. The molecule has 5 heterocycles. The van der Waals surface area contributed by atoms with E-state index in [1.54, 1.807) is 24.1 Å². The molecule has 3 aliphatic heterocycles. The van der Waals surface area contributed by atoms with Gasteiger partial charge in [-0.3, -0.25) is 19.3 Å². The van der Waals surface area contributed by atoms with Gasteiger partial charge in [0.2, 0.25) is 29.5 Å². The van der Waals surface area contributed by atoms with Gasteiger partial charge in [0, 0.05) is 38.2 Å². The minimum atomic E-state index is -4.65. The van der Waals surface area contributed by atoms with Crippen LogP contribution in [0, 0.1) is 19.8 Å². The maximum atomic E-state index is 14.0. The quantitative estimate of drug-likeness (QED) is 0.400. The lowest BCUT2D eigenvalue weighted by Crippen LogP contribution is -2.52. The third kappa shape index (κ3) is 4.97. The number of halogens is 3. The summed E-state index contributed by atoms with van der Waals surface area (Å²) in [5.41, 5.74) is 1.28. The number of para-hydroxylation sites is 1. The number of fused-ring (bicyclic) bond motifs is 2. The highest BCUT2D eigenvalue weighted by Crippen LogP contribution is 2.42. The molecule has 0 unspecified atom stereocenters. The molecule has 44 heavy (non-hydrogen) atoms. The van der Waals surface area contributed by atoms with E-state index < -0.39 is 35.5 Å². The number of aromatic nitrogens is 3. The molecular formula is C30H30F3N7O4. The zero-order valence-corrected chi connectivity index (χ0v) is 24.3. The summed E-state index contributed by atoms with van der Waals surface area (Å²) in [7, 11) is 1.58. The Morgan fingerprint density at radius 1 is 1.18 bits per heavy atom. The number of likely N-dealkylation sites (tertiary alicyclic amines) is 1. The second-order valence-electron chi connectivity index (χ2n) is 11.3. The minimum absolute atomic E-state index is 0.0747. The molecule has 3 atom stereocenters. The topological polar surface area (TPSA) is 116 Å². The number of pyridine rings is 1. The smallest absolute Gasteiger partial charge is 0.416 e. The van der Waals surface area contributed by atoms with Crippen LogP contribution in [-0.4, -0.2) is 64.0 Å². The molecule has 1 aromatic carbocycles. The van der Waals surface area contributed by atoms with Crippen molar-refractivity contribution in [1.82, 2.24) is 20.1 Å². The highest BCUT2D eigenvalue weighted by molar-refractivity contribution is 6.10. The van der Waals surface area contributed by atoms with Crippen molar-refractivity contribution >= 4 is 34.9 Å². The van der Waals surface area contributed by atoms with Crippen LogP contribution in [-0.2, 0) is 27.1 Å². The average molecular weight is 610 g/mol. The molecule has 0 radical (unpaired) electrons. The number of benzene rings is 1. The van der Waals surface area contributed by atoms with E-state index in [0.717, 1.165) is 28.3 Å². The third-order valence-electron chi connectivity index (χ3n) is 8.45. The second kappa shape index (κ2) is 10.8. The first-order valence-corrected chi connectivity index (χ1v) is 14.1. The molecule has 11 nitrogen and oxygen atoms in total. The normalized spacial score (nSPS) is 21.9. The number of hydrogen-bond donors (Lipinski definition) is 0. The van der Waals surface area contributed by atoms with Crippen LogP contribution in [0.1, 0.15) is 47.5 Å². The third-order valence-corrected chi connectivity index (χ3v) is 8.45. The van der Waals surface area contributed by atoms with Crippen molar-refractivity contribution in [3.8, 4) is 0 Å². The molecule has 230 valence electrons. The number of alkyl halides is 3. The summed E-state index contributed by atoms with van der Waals surface area (Å²) < 4.78 is 47.1. The van der Waals surface area contributed by atoms with E-state index in [-0.39, 0.29) is 48.9 Å². The van der Waals surface area contributed by atoms with Crippen LogP contribution in [0.5, 0.6) is 0 Å². The molecular weight excluding hydrogens is 579 g/mol. The van der Waals surface area contributed by atoms with E-state index in [1.807, 2.05) is 17.9 Å². The molecule has 6 rings (SSSR count). The molecule has 0 saturated carbocycles. The monoisotopic (exact) mass is 609 g/mol. The van der Waals surface area contributed by atoms with E-state index in [9.17, 15) is 27.6 Å². The van der Waals surface area contributed by atoms with Gasteiger partial charge in [-0.1, -0.05) is 18.7 Å². The van der Waals surface area contributed by atoms with Crippen LogP contribution >= 0.6 is 0 Å². The van der Waals surface area contributed by atoms with Crippen LogP contribution in [0.4, 0.5) is 30.4 Å². The summed E-state index contributed by atoms with van der Waals surface area (Å²) in [5.74, 6) is -1.38. The lowest BCUT2D eigenvalue weighted by Gasteiger charge is -2.39. The van der Waals surface area contributed by atoms with Gasteiger partial charge in [0.25, 0.3) is 0 Å². The SMILES string of the molecule is C=CC(=O)N1CC[C@@H]1c1nnc(CN2C[C@H]3CC(=O)N(c4cc(C(F)(F)F)cc(C)n4)[C@@H]3C(=O)N(C)c3cccc(C)c32)o1. The molecule has 0 aliphatic carbocycles. The lowest BCUT2D eigenvalue weighted by atomic mass is 9.95. The summed E-state index contributed by atoms with van der Waals surface area (Å²) in [6.07, 6.45) is -2.82. The first kappa shape index (κ1) is 29.3. The molecule has 14 heteroatoms. The summed E-state index contributed by atoms with van der Waals surface area (Å²) >= 11 is 0. The Bertz CT molecular complexity index is 1670. The largest absolute Gasteiger partial charge is 0.421 e. The van der Waals surface area contributed by atoms with Crippen molar-refractivity contribution in [1.29, 1.82) is 0 Å². The van der Waals surface area contributed by atoms with Gasteiger partial charge in [0.05, 0.1) is 23.5 Å². The maximum Gasteiger partial charge on any atom is 0.416 e. The maximum absolute atomic E-state index is 14.0. The molecule has 3 amide bonds. The predicted octanol–water partition coefficient (Wildman–Crippen LogP) is 3.96. The molecule has 2 fully saturated rings. The van der Waals surface area contributed by atoms with E-state index in [2.05, 4.69) is 21.8 Å². The summed E-state index contributed by atoms with van der Waals surface area (Å²) in [6.45, 7) is 7.74. The number of anilines is 3.